The van der Waals surface area contributed by atoms with E-state index in [0.29, 0.717) is 12.8 Å². The van der Waals surface area contributed by atoms with Crippen LogP contribution < -0.4 is 11.1 Å². The first-order valence-electron chi connectivity index (χ1n) is 4.97. The van der Waals surface area contributed by atoms with Crippen LogP contribution in [0.5, 0.6) is 0 Å². The van der Waals surface area contributed by atoms with Crippen LogP contribution in [0.3, 0.4) is 0 Å². The van der Waals surface area contributed by atoms with Crippen molar-refractivity contribution in [3.8, 4) is 0 Å². The molecule has 0 aromatic carbocycles. The van der Waals surface area contributed by atoms with Gasteiger partial charge in [0.15, 0.2) is 0 Å². The molecular weight excluding hydrogens is 209 g/mol. The van der Waals surface area contributed by atoms with Crippen LogP contribution in [-0.2, 0) is 4.79 Å². The third-order valence-electron chi connectivity index (χ3n) is 2.81. The zero-order valence-electron chi connectivity index (χ0n) is 8.36. The van der Waals surface area contributed by atoms with Crippen LogP contribution in [0, 0.1) is 0 Å². The molecule has 0 heterocycles. The number of halogens is 3. The molecule has 6 heteroatoms. The van der Waals surface area contributed by atoms with Gasteiger partial charge in [0.25, 0.3) is 0 Å². The van der Waals surface area contributed by atoms with Crippen molar-refractivity contribution >= 4 is 5.91 Å². The summed E-state index contributed by atoms with van der Waals surface area (Å²) in [5, 5.41) is 2.27. The molecule has 1 amide bonds. The van der Waals surface area contributed by atoms with Crippen LogP contribution in [0.4, 0.5) is 13.2 Å². The number of carbonyl (C=O) groups excluding carboxylic acids is 1. The number of nitrogens with one attached hydrogen (secondary N) is 1. The van der Waals surface area contributed by atoms with Gasteiger partial charge in [0.05, 0.1) is 12.1 Å². The van der Waals surface area contributed by atoms with Gasteiger partial charge in [-0.1, -0.05) is 19.3 Å². The highest BCUT2D eigenvalue weighted by molar-refractivity contribution is 5.84. The summed E-state index contributed by atoms with van der Waals surface area (Å²) in [5.41, 5.74) is 4.02. The maximum absolute atomic E-state index is 12.0. The van der Waals surface area contributed by atoms with Crippen molar-refractivity contribution in [1.82, 2.24) is 5.32 Å². The molecule has 0 spiro atoms. The lowest BCUT2D eigenvalue weighted by atomic mass is 9.81. The van der Waals surface area contributed by atoms with E-state index >= 15 is 0 Å². The standard InChI is InChI=1S/C9H15F3N2O/c10-9(11,12)6-14-8(7(13)15)4-2-1-3-5-8/h14H,1-6H2,(H2,13,15). The Morgan fingerprint density at radius 3 is 2.20 bits per heavy atom. The molecular formula is C9H15F3N2O. The predicted octanol–water partition coefficient (Wildman–Crippen LogP) is 1.33. The Morgan fingerprint density at radius 1 is 1.27 bits per heavy atom. The van der Waals surface area contributed by atoms with E-state index in [9.17, 15) is 18.0 Å². The second-order valence-corrected chi connectivity index (χ2v) is 3.98. The fraction of sp³-hybridized carbons (Fsp3) is 0.889. The fourth-order valence-electron chi connectivity index (χ4n) is 1.94. The van der Waals surface area contributed by atoms with Crippen LogP contribution in [0.2, 0.25) is 0 Å². The molecule has 0 aromatic rings. The maximum Gasteiger partial charge on any atom is 0.401 e. The van der Waals surface area contributed by atoms with Gasteiger partial charge in [-0.25, -0.2) is 0 Å². The second kappa shape index (κ2) is 4.38. The smallest absolute Gasteiger partial charge is 0.368 e. The van der Waals surface area contributed by atoms with Gasteiger partial charge >= 0.3 is 6.18 Å². The first-order valence-corrected chi connectivity index (χ1v) is 4.97. The number of hydrogen-bond acceptors (Lipinski definition) is 2. The zero-order valence-corrected chi connectivity index (χ0v) is 8.36. The zero-order chi connectivity index (χ0) is 11.5. The maximum atomic E-state index is 12.0. The molecule has 0 bridgehead atoms. The number of rotatable bonds is 3. The first kappa shape index (κ1) is 12.3. The average Bonchev–Trinajstić information content (AvgIpc) is 2.15. The Bertz CT molecular complexity index is 234. The number of nitrogens with two attached hydrogens (primary N) is 1. The van der Waals surface area contributed by atoms with Gasteiger partial charge in [-0.15, -0.1) is 0 Å². The monoisotopic (exact) mass is 224 g/mol. The average molecular weight is 224 g/mol. The molecule has 1 rings (SSSR count). The molecule has 3 nitrogen and oxygen atoms in total. The highest BCUT2D eigenvalue weighted by Crippen LogP contribution is 2.28. The summed E-state index contributed by atoms with van der Waals surface area (Å²) in [6.45, 7) is -1.16. The number of carbonyl (C=O) groups is 1. The number of hydrogen-bond donors (Lipinski definition) is 2. The molecule has 0 saturated heterocycles. The molecule has 0 unspecified atom stereocenters. The largest absolute Gasteiger partial charge is 0.401 e. The van der Waals surface area contributed by atoms with Gasteiger partial charge in [-0.2, -0.15) is 13.2 Å². The lowest BCUT2D eigenvalue weighted by molar-refractivity contribution is -0.137. The third kappa shape index (κ3) is 3.37. The van der Waals surface area contributed by atoms with E-state index < -0.39 is 24.2 Å². The molecule has 3 N–H and O–H groups in total. The van der Waals surface area contributed by atoms with E-state index in [1.54, 1.807) is 0 Å². The Kier molecular flexibility index (Phi) is 3.59. The number of alkyl halides is 3. The van der Waals surface area contributed by atoms with Gasteiger partial charge in [-0.3, -0.25) is 10.1 Å². The lowest BCUT2D eigenvalue weighted by Crippen LogP contribution is -2.58. The van der Waals surface area contributed by atoms with Crippen LogP contribution >= 0.6 is 0 Å². The predicted molar refractivity (Wildman–Crippen MR) is 49.1 cm³/mol. The Labute approximate surface area is 86.2 Å². The minimum absolute atomic E-state index is 0.401. The minimum Gasteiger partial charge on any atom is -0.368 e. The van der Waals surface area contributed by atoms with Crippen LogP contribution in [-0.4, -0.2) is 24.2 Å². The Morgan fingerprint density at radius 2 is 1.80 bits per heavy atom. The highest BCUT2D eigenvalue weighted by Gasteiger charge is 2.40. The molecule has 0 aromatic heterocycles. The highest BCUT2D eigenvalue weighted by atomic mass is 19.4. The van der Waals surface area contributed by atoms with Gasteiger partial charge in [0.2, 0.25) is 5.91 Å². The van der Waals surface area contributed by atoms with E-state index in [-0.39, 0.29) is 0 Å². The number of amides is 1. The van der Waals surface area contributed by atoms with Crippen molar-refractivity contribution in [3.63, 3.8) is 0 Å². The molecule has 0 radical (unpaired) electrons. The van der Waals surface area contributed by atoms with Gasteiger partial charge in [0.1, 0.15) is 0 Å². The van der Waals surface area contributed by atoms with E-state index in [1.807, 2.05) is 0 Å². The van der Waals surface area contributed by atoms with Crippen molar-refractivity contribution < 1.29 is 18.0 Å². The van der Waals surface area contributed by atoms with E-state index in [2.05, 4.69) is 5.32 Å². The molecule has 1 aliphatic rings. The van der Waals surface area contributed by atoms with Crippen molar-refractivity contribution in [3.05, 3.63) is 0 Å². The first-order chi connectivity index (χ1) is 6.86. The summed E-state index contributed by atoms with van der Waals surface area (Å²) in [5.74, 6) is -0.675. The van der Waals surface area contributed by atoms with Crippen LogP contribution in [0.25, 0.3) is 0 Å². The van der Waals surface area contributed by atoms with Crippen molar-refractivity contribution in [1.29, 1.82) is 0 Å². The molecule has 0 atom stereocenters. The topological polar surface area (TPSA) is 55.1 Å². The van der Waals surface area contributed by atoms with Gasteiger partial charge in [0, 0.05) is 0 Å². The Balaban J connectivity index is 2.61. The quantitative estimate of drug-likeness (QED) is 0.759. The third-order valence-corrected chi connectivity index (χ3v) is 2.81. The summed E-state index contributed by atoms with van der Waals surface area (Å²) in [6.07, 6.45) is -1.07. The van der Waals surface area contributed by atoms with E-state index in [0.717, 1.165) is 19.3 Å². The second-order valence-electron chi connectivity index (χ2n) is 3.98. The van der Waals surface area contributed by atoms with E-state index in [1.165, 1.54) is 0 Å². The molecule has 1 fully saturated rings. The molecule has 1 saturated carbocycles. The summed E-state index contributed by atoms with van der Waals surface area (Å²) in [7, 11) is 0. The molecule has 0 aliphatic heterocycles. The van der Waals surface area contributed by atoms with E-state index in [4.69, 9.17) is 5.73 Å². The SMILES string of the molecule is NC(=O)C1(NCC(F)(F)F)CCCCC1. The minimum atomic E-state index is -4.31. The summed E-state index contributed by atoms with van der Waals surface area (Å²) < 4.78 is 36.1. The lowest BCUT2D eigenvalue weighted by Gasteiger charge is -2.35. The summed E-state index contributed by atoms with van der Waals surface area (Å²) >= 11 is 0. The van der Waals surface area contributed by atoms with Crippen LogP contribution in [0.15, 0.2) is 0 Å². The normalized spacial score (nSPS) is 21.3. The number of primary amides is 1. The van der Waals surface area contributed by atoms with Crippen molar-refractivity contribution in [2.45, 2.75) is 43.8 Å². The summed E-state index contributed by atoms with van der Waals surface area (Å²) in [4.78, 5) is 11.2. The summed E-state index contributed by atoms with van der Waals surface area (Å²) in [6, 6.07) is 0. The molecule has 1 aliphatic carbocycles. The molecule has 88 valence electrons. The molecule has 15 heavy (non-hydrogen) atoms. The van der Waals surface area contributed by atoms with Gasteiger partial charge in [-0.05, 0) is 12.8 Å². The fourth-order valence-corrected chi connectivity index (χ4v) is 1.94. The van der Waals surface area contributed by atoms with Crippen molar-refractivity contribution in [2.24, 2.45) is 5.73 Å². The van der Waals surface area contributed by atoms with Crippen LogP contribution in [0.1, 0.15) is 32.1 Å². The van der Waals surface area contributed by atoms with Crippen molar-refractivity contribution in [2.75, 3.05) is 6.54 Å². The van der Waals surface area contributed by atoms with Gasteiger partial charge < -0.3 is 5.73 Å². The Hall–Kier alpha value is -0.780.